The molecule has 10 heteroatoms. The first kappa shape index (κ1) is 25.4. The lowest BCUT2D eigenvalue weighted by Gasteiger charge is -2.29. The number of fused-ring (bicyclic) bond motifs is 2. The number of carbonyl (C=O) groups excluding carboxylic acids is 3. The Hall–Kier alpha value is -2.91. The van der Waals surface area contributed by atoms with Crippen LogP contribution in [0, 0.1) is 5.92 Å². The molecule has 0 radical (unpaired) electrons. The number of thiophene rings is 1. The summed E-state index contributed by atoms with van der Waals surface area (Å²) in [5, 5.41) is 2.74. The van der Waals surface area contributed by atoms with Gasteiger partial charge in [-0.3, -0.25) is 14.4 Å². The highest BCUT2D eigenvalue weighted by molar-refractivity contribution is 7.17. The van der Waals surface area contributed by atoms with E-state index in [0.29, 0.717) is 38.3 Å². The smallest absolute Gasteiger partial charge is 0.341 e. The molecule has 3 aromatic rings. The highest BCUT2D eigenvalue weighted by Gasteiger charge is 2.61. The van der Waals surface area contributed by atoms with E-state index in [1.54, 1.807) is 30.2 Å². The molecule has 7 nitrogen and oxygen atoms in total. The third-order valence-corrected chi connectivity index (χ3v) is 9.08. The number of imide groups is 1. The van der Waals surface area contributed by atoms with Crippen LogP contribution < -0.4 is 9.96 Å². The van der Waals surface area contributed by atoms with Crippen molar-refractivity contribution in [3.05, 3.63) is 80.1 Å². The second-order valence-electron chi connectivity index (χ2n) is 9.45. The number of hydrogen-bond acceptors (Lipinski definition) is 7. The number of benzene rings is 2. The Morgan fingerprint density at radius 1 is 1.08 bits per heavy atom. The van der Waals surface area contributed by atoms with Crippen LogP contribution in [0.1, 0.15) is 52.2 Å². The monoisotopic (exact) mass is 570 g/mol. The third kappa shape index (κ3) is 4.02. The summed E-state index contributed by atoms with van der Waals surface area (Å²) < 4.78 is 5.36. The van der Waals surface area contributed by atoms with Crippen molar-refractivity contribution in [1.82, 2.24) is 0 Å². The molecule has 0 N–H and O–H groups in total. The maximum absolute atomic E-state index is 14.2. The highest BCUT2D eigenvalue weighted by Crippen LogP contribution is 2.51. The molecule has 196 valence electrons. The molecule has 6 rings (SSSR count). The van der Waals surface area contributed by atoms with Gasteiger partial charge in [0.25, 0.3) is 5.91 Å². The molecule has 0 saturated carbocycles. The van der Waals surface area contributed by atoms with Gasteiger partial charge in [0.05, 0.1) is 23.9 Å². The van der Waals surface area contributed by atoms with Gasteiger partial charge in [0, 0.05) is 14.9 Å². The number of carbonyl (C=O) groups is 3. The van der Waals surface area contributed by atoms with Gasteiger partial charge in [0.2, 0.25) is 5.91 Å². The maximum Gasteiger partial charge on any atom is 0.341 e. The van der Waals surface area contributed by atoms with Crippen LogP contribution in [-0.2, 0) is 32.0 Å². The van der Waals surface area contributed by atoms with Crippen molar-refractivity contribution in [1.29, 1.82) is 0 Å². The fourth-order valence-electron chi connectivity index (χ4n) is 5.59. The quantitative estimate of drug-likeness (QED) is 0.270. The van der Waals surface area contributed by atoms with Crippen molar-refractivity contribution in [2.75, 3.05) is 16.6 Å². The second kappa shape index (κ2) is 10.0. The molecule has 1 aromatic heterocycles. The summed E-state index contributed by atoms with van der Waals surface area (Å²) in [7, 11) is 0. The first-order valence-corrected chi connectivity index (χ1v) is 14.1. The highest BCUT2D eigenvalue weighted by atomic mass is 35.5. The van der Waals surface area contributed by atoms with E-state index >= 15 is 0 Å². The number of para-hydroxylation sites is 1. The van der Waals surface area contributed by atoms with Crippen LogP contribution in [0.25, 0.3) is 0 Å². The van der Waals surface area contributed by atoms with E-state index in [4.69, 9.17) is 32.8 Å². The van der Waals surface area contributed by atoms with E-state index in [1.165, 1.54) is 11.3 Å². The minimum Gasteiger partial charge on any atom is -0.462 e. The molecule has 38 heavy (non-hydrogen) atoms. The summed E-state index contributed by atoms with van der Waals surface area (Å²) in [5.74, 6) is -2.32. The Labute approximate surface area is 233 Å². The Bertz CT molecular complexity index is 1440. The van der Waals surface area contributed by atoms with Gasteiger partial charge in [-0.05, 0) is 68.0 Å². The first-order valence-electron chi connectivity index (χ1n) is 12.6. The first-order chi connectivity index (χ1) is 18.4. The molecule has 2 saturated heterocycles. The number of nitrogens with zero attached hydrogens (tertiary/aromatic N) is 2. The summed E-state index contributed by atoms with van der Waals surface area (Å²) in [6, 6.07) is 13.6. The lowest BCUT2D eigenvalue weighted by Crippen LogP contribution is -2.37. The van der Waals surface area contributed by atoms with Gasteiger partial charge >= 0.3 is 5.97 Å². The van der Waals surface area contributed by atoms with Gasteiger partial charge in [-0.2, -0.15) is 0 Å². The summed E-state index contributed by atoms with van der Waals surface area (Å²) >= 11 is 14.1. The molecular formula is C28H24Cl2N2O5S. The number of hydroxylamine groups is 1. The number of aryl methyl sites for hydroxylation is 1. The van der Waals surface area contributed by atoms with Crippen LogP contribution in [0.5, 0.6) is 0 Å². The summed E-state index contributed by atoms with van der Waals surface area (Å²) in [5.41, 5.74) is 2.51. The molecule has 1 aliphatic carbocycles. The average molecular weight is 571 g/mol. The van der Waals surface area contributed by atoms with Crippen molar-refractivity contribution >= 4 is 63.0 Å². The van der Waals surface area contributed by atoms with E-state index in [0.717, 1.165) is 34.6 Å². The van der Waals surface area contributed by atoms with E-state index in [2.05, 4.69) is 0 Å². The number of halogens is 2. The van der Waals surface area contributed by atoms with Crippen LogP contribution in [0.2, 0.25) is 10.0 Å². The Morgan fingerprint density at radius 3 is 2.58 bits per heavy atom. The van der Waals surface area contributed by atoms with Gasteiger partial charge in [-0.15, -0.1) is 11.3 Å². The SMILES string of the molecule is CCOC(=O)c1c(N2C(=O)[C@@H]3[C@@H](ON(c4ccccc4)[C@H]3c3ccc(Cl)cc3Cl)C2=O)sc2c1CCCC2. The molecule has 3 aliphatic rings. The molecule has 0 unspecified atom stereocenters. The van der Waals surface area contributed by atoms with Crippen LogP contribution in [0.4, 0.5) is 10.7 Å². The lowest BCUT2D eigenvalue weighted by atomic mass is 9.90. The number of anilines is 2. The van der Waals surface area contributed by atoms with E-state index < -0.39 is 35.8 Å². The van der Waals surface area contributed by atoms with Gasteiger partial charge in [-0.1, -0.05) is 47.5 Å². The molecule has 0 bridgehead atoms. The normalized spacial score (nSPS) is 22.6. The van der Waals surface area contributed by atoms with E-state index in [-0.39, 0.29) is 6.61 Å². The van der Waals surface area contributed by atoms with Crippen molar-refractivity contribution in [3.63, 3.8) is 0 Å². The summed E-state index contributed by atoms with van der Waals surface area (Å²) in [6.07, 6.45) is 2.37. The molecule has 3 heterocycles. The maximum atomic E-state index is 14.2. The molecule has 2 aliphatic heterocycles. The van der Waals surface area contributed by atoms with Crippen LogP contribution in [0.15, 0.2) is 48.5 Å². The predicted octanol–water partition coefficient (Wildman–Crippen LogP) is 6.16. The zero-order chi connectivity index (χ0) is 26.6. The fraction of sp³-hybridized carbons (Fsp3) is 0.321. The lowest BCUT2D eigenvalue weighted by molar-refractivity contribution is -0.126. The van der Waals surface area contributed by atoms with Crippen molar-refractivity contribution in [2.24, 2.45) is 5.92 Å². The predicted molar refractivity (Wildman–Crippen MR) is 146 cm³/mol. The molecule has 3 atom stereocenters. The molecule has 2 amide bonds. The van der Waals surface area contributed by atoms with Crippen molar-refractivity contribution < 1.29 is 24.0 Å². The zero-order valence-electron chi connectivity index (χ0n) is 20.5. The van der Waals surface area contributed by atoms with Gasteiger partial charge in [0.1, 0.15) is 10.9 Å². The minimum absolute atomic E-state index is 0.197. The Balaban J connectivity index is 1.46. The van der Waals surface area contributed by atoms with Gasteiger partial charge in [-0.25, -0.2) is 14.8 Å². The standard InChI is InChI=1S/C28H24Cl2N2O5S/c1-2-36-28(35)21-18-10-6-7-11-20(18)38-27(21)31-25(33)22-23(17-13-12-15(29)14-19(17)30)32(37-24(22)26(31)34)16-8-4-3-5-9-16/h3-5,8-9,12-14,22-24H,2,6-7,10-11H2,1H3/t22-,23-,24+/m0/s1. The molecule has 0 spiro atoms. The largest absolute Gasteiger partial charge is 0.462 e. The van der Waals surface area contributed by atoms with Crippen LogP contribution >= 0.6 is 34.5 Å². The third-order valence-electron chi connectivity index (χ3n) is 7.24. The topological polar surface area (TPSA) is 76.2 Å². The minimum atomic E-state index is -1.08. The number of amides is 2. The zero-order valence-corrected chi connectivity index (χ0v) is 22.8. The van der Waals surface area contributed by atoms with Crippen LogP contribution in [0.3, 0.4) is 0 Å². The van der Waals surface area contributed by atoms with Gasteiger partial charge < -0.3 is 4.74 Å². The summed E-state index contributed by atoms with van der Waals surface area (Å²) in [6.45, 7) is 1.93. The number of rotatable bonds is 5. The number of ether oxygens (including phenoxy) is 1. The Morgan fingerprint density at radius 2 is 1.84 bits per heavy atom. The van der Waals surface area contributed by atoms with Crippen molar-refractivity contribution in [3.8, 4) is 0 Å². The molecule has 2 fully saturated rings. The molecule has 2 aromatic carbocycles. The second-order valence-corrected chi connectivity index (χ2v) is 11.4. The molecular weight excluding hydrogens is 547 g/mol. The number of esters is 1. The Kier molecular flexibility index (Phi) is 6.68. The number of hydrogen-bond donors (Lipinski definition) is 0. The van der Waals surface area contributed by atoms with Gasteiger partial charge in [0.15, 0.2) is 6.10 Å². The summed E-state index contributed by atoms with van der Waals surface area (Å²) in [4.78, 5) is 49.5. The van der Waals surface area contributed by atoms with E-state index in [1.807, 2.05) is 30.3 Å². The van der Waals surface area contributed by atoms with E-state index in [9.17, 15) is 14.4 Å². The van der Waals surface area contributed by atoms with Crippen LogP contribution in [-0.4, -0.2) is 30.5 Å². The van der Waals surface area contributed by atoms with Crippen molar-refractivity contribution in [2.45, 2.75) is 44.8 Å². The average Bonchev–Trinajstić information content (AvgIpc) is 3.55. The fourth-order valence-corrected chi connectivity index (χ4v) is 7.50.